The molecule has 0 fully saturated rings. The van der Waals surface area contributed by atoms with E-state index in [9.17, 15) is 14.5 Å². The van der Waals surface area contributed by atoms with E-state index >= 15 is 0 Å². The summed E-state index contributed by atoms with van der Waals surface area (Å²) in [6, 6.07) is 1.38. The Hall–Kier alpha value is -0.495. The van der Waals surface area contributed by atoms with Crippen molar-refractivity contribution in [1.82, 2.24) is 4.98 Å². The van der Waals surface area contributed by atoms with Crippen molar-refractivity contribution in [3.8, 4) is 0 Å². The van der Waals surface area contributed by atoms with Crippen LogP contribution in [0.15, 0.2) is 16.7 Å². The van der Waals surface area contributed by atoms with Crippen LogP contribution in [0.5, 0.6) is 0 Å². The zero-order chi connectivity index (χ0) is 14.1. The molecule has 1 heterocycles. The van der Waals surface area contributed by atoms with Gasteiger partial charge < -0.3 is 14.8 Å². The molecule has 1 aromatic rings. The van der Waals surface area contributed by atoms with Gasteiger partial charge in [-0.25, -0.2) is 4.98 Å². The second kappa shape index (κ2) is 5.24. The average Bonchev–Trinajstić information content (AvgIpc) is 2.19. The molecule has 1 aromatic heterocycles. The fourth-order valence-electron chi connectivity index (χ4n) is 1.10. The molecule has 0 aromatic carbocycles. The van der Waals surface area contributed by atoms with Crippen LogP contribution < -0.4 is 5.46 Å². The Kier molecular flexibility index (Phi) is 4.53. The lowest BCUT2D eigenvalue weighted by atomic mass is 9.77. The Morgan fingerprint density at radius 3 is 2.44 bits per heavy atom. The monoisotopic (exact) mass is 319 g/mol. The zero-order valence-corrected chi connectivity index (χ0v) is 12.3. The second-order valence-electron chi connectivity index (χ2n) is 5.07. The van der Waals surface area contributed by atoms with E-state index in [1.54, 1.807) is 27.7 Å². The van der Waals surface area contributed by atoms with Crippen molar-refractivity contribution in [2.45, 2.75) is 38.9 Å². The fourth-order valence-corrected chi connectivity index (χ4v) is 1.45. The summed E-state index contributed by atoms with van der Waals surface area (Å²) in [5.74, 6) is -0.808. The van der Waals surface area contributed by atoms with Crippen molar-refractivity contribution >= 4 is 28.5 Å². The van der Waals surface area contributed by atoms with Crippen molar-refractivity contribution in [1.29, 1.82) is 0 Å². The van der Waals surface area contributed by atoms with E-state index in [1.807, 2.05) is 0 Å². The topological polar surface area (TPSA) is 62.6 Å². The highest BCUT2D eigenvalue weighted by atomic mass is 79.9. The maximum atomic E-state index is 13.5. The molecule has 0 bridgehead atoms. The molecule has 0 saturated heterocycles. The number of hydrogen-bond donors (Lipinski definition) is 2. The highest BCUT2D eigenvalue weighted by molar-refractivity contribution is 9.10. The molecule has 0 saturated carbocycles. The van der Waals surface area contributed by atoms with Crippen LogP contribution in [0.3, 0.4) is 0 Å². The molecule has 0 atom stereocenters. The van der Waals surface area contributed by atoms with Crippen LogP contribution >= 0.6 is 15.9 Å². The molecule has 0 radical (unpaired) electrons. The standard InChI is InChI=1S/C11H16BBrFNO3/c1-10(2,16)11(3,4)18-12(17)8-5-7(13)6-15-9(8)14/h5-6,16-17H,1-4H3. The second-order valence-corrected chi connectivity index (χ2v) is 5.99. The summed E-state index contributed by atoms with van der Waals surface area (Å²) in [7, 11) is -1.50. The van der Waals surface area contributed by atoms with E-state index in [2.05, 4.69) is 20.9 Å². The van der Waals surface area contributed by atoms with Gasteiger partial charge in [0.05, 0.1) is 11.2 Å². The first-order valence-corrected chi connectivity index (χ1v) is 6.23. The van der Waals surface area contributed by atoms with Gasteiger partial charge in [0.1, 0.15) is 0 Å². The molecule has 7 heteroatoms. The molecular weight excluding hydrogens is 304 g/mol. The smallest absolute Gasteiger partial charge is 0.423 e. The lowest BCUT2D eigenvalue weighted by molar-refractivity contribution is -0.0983. The van der Waals surface area contributed by atoms with Gasteiger partial charge in [0.2, 0.25) is 5.95 Å². The molecule has 4 nitrogen and oxygen atoms in total. The molecule has 0 amide bonds. The Labute approximate surface area is 114 Å². The number of halogens is 2. The highest BCUT2D eigenvalue weighted by Crippen LogP contribution is 2.25. The summed E-state index contributed by atoms with van der Waals surface area (Å²) in [4.78, 5) is 3.48. The first kappa shape index (κ1) is 15.6. The van der Waals surface area contributed by atoms with Gasteiger partial charge >= 0.3 is 7.12 Å². The quantitative estimate of drug-likeness (QED) is 0.647. The Morgan fingerprint density at radius 2 is 1.94 bits per heavy atom. The third-order valence-corrected chi connectivity index (χ3v) is 3.41. The van der Waals surface area contributed by atoms with Crippen LogP contribution in [-0.4, -0.2) is 33.4 Å². The predicted octanol–water partition coefficient (Wildman–Crippen LogP) is 1.24. The lowest BCUT2D eigenvalue weighted by Crippen LogP contribution is -2.53. The minimum atomic E-state index is -1.50. The fraction of sp³-hybridized carbons (Fsp3) is 0.545. The molecule has 0 spiro atoms. The maximum absolute atomic E-state index is 13.5. The normalized spacial score (nSPS) is 12.7. The molecule has 0 aliphatic rings. The first-order chi connectivity index (χ1) is 8.04. The Balaban J connectivity index is 2.95. The third kappa shape index (κ3) is 3.51. The molecule has 0 aliphatic heterocycles. The van der Waals surface area contributed by atoms with E-state index in [4.69, 9.17) is 4.65 Å². The Morgan fingerprint density at radius 1 is 1.39 bits per heavy atom. The molecule has 0 aliphatic carbocycles. The highest BCUT2D eigenvalue weighted by Gasteiger charge is 2.40. The molecule has 0 unspecified atom stereocenters. The van der Waals surface area contributed by atoms with E-state index in [1.165, 1.54) is 12.3 Å². The van der Waals surface area contributed by atoms with Crippen LogP contribution in [-0.2, 0) is 4.65 Å². The number of hydrogen-bond acceptors (Lipinski definition) is 4. The van der Waals surface area contributed by atoms with Crippen molar-refractivity contribution in [2.75, 3.05) is 0 Å². The maximum Gasteiger partial charge on any atom is 0.496 e. The van der Waals surface area contributed by atoms with Crippen LogP contribution in [0.1, 0.15) is 27.7 Å². The van der Waals surface area contributed by atoms with Crippen molar-refractivity contribution in [3.63, 3.8) is 0 Å². The van der Waals surface area contributed by atoms with Crippen LogP contribution in [0.2, 0.25) is 0 Å². The molecule has 100 valence electrons. The number of pyridine rings is 1. The number of aliphatic hydroxyl groups is 1. The minimum absolute atomic E-state index is 0.0818. The Bertz CT molecular complexity index is 437. The van der Waals surface area contributed by atoms with Gasteiger partial charge in [0, 0.05) is 16.1 Å². The van der Waals surface area contributed by atoms with Gasteiger partial charge in [-0.15, -0.1) is 0 Å². The summed E-state index contributed by atoms with van der Waals surface area (Å²) < 4.78 is 19.3. The summed E-state index contributed by atoms with van der Waals surface area (Å²) in [6.07, 6.45) is 1.28. The predicted molar refractivity (Wildman–Crippen MR) is 71.0 cm³/mol. The van der Waals surface area contributed by atoms with Gasteiger partial charge in [0.25, 0.3) is 0 Å². The van der Waals surface area contributed by atoms with E-state index < -0.39 is 24.3 Å². The zero-order valence-electron chi connectivity index (χ0n) is 10.7. The van der Waals surface area contributed by atoms with Gasteiger partial charge in [-0.3, -0.25) is 0 Å². The summed E-state index contributed by atoms with van der Waals surface area (Å²) >= 11 is 3.14. The van der Waals surface area contributed by atoms with Crippen molar-refractivity contribution in [3.05, 3.63) is 22.7 Å². The van der Waals surface area contributed by atoms with Gasteiger partial charge in [0.15, 0.2) is 0 Å². The van der Waals surface area contributed by atoms with Gasteiger partial charge in [-0.2, -0.15) is 4.39 Å². The summed E-state index contributed by atoms with van der Waals surface area (Å²) in [5.41, 5.74) is -2.33. The molecule has 2 N–H and O–H groups in total. The van der Waals surface area contributed by atoms with Gasteiger partial charge in [-0.05, 0) is 49.7 Å². The van der Waals surface area contributed by atoms with E-state index in [0.29, 0.717) is 4.47 Å². The van der Waals surface area contributed by atoms with E-state index in [0.717, 1.165) is 0 Å². The molecule has 18 heavy (non-hydrogen) atoms. The minimum Gasteiger partial charge on any atom is -0.423 e. The van der Waals surface area contributed by atoms with E-state index in [-0.39, 0.29) is 5.46 Å². The number of rotatable bonds is 4. The molecular formula is C11H16BBrFNO3. The first-order valence-electron chi connectivity index (χ1n) is 5.44. The average molecular weight is 320 g/mol. The molecule has 1 rings (SSSR count). The number of aromatic nitrogens is 1. The lowest BCUT2D eigenvalue weighted by Gasteiger charge is -2.38. The van der Waals surface area contributed by atoms with Crippen molar-refractivity contribution < 1.29 is 19.2 Å². The van der Waals surface area contributed by atoms with Crippen LogP contribution in [0, 0.1) is 5.95 Å². The largest absolute Gasteiger partial charge is 0.496 e. The van der Waals surface area contributed by atoms with Crippen LogP contribution in [0.4, 0.5) is 4.39 Å². The van der Waals surface area contributed by atoms with Crippen LogP contribution in [0.25, 0.3) is 0 Å². The number of nitrogens with zero attached hydrogens (tertiary/aromatic N) is 1. The third-order valence-electron chi connectivity index (χ3n) is 2.98. The van der Waals surface area contributed by atoms with Crippen molar-refractivity contribution in [2.24, 2.45) is 0 Å². The summed E-state index contributed by atoms with van der Waals surface area (Å²) in [5, 5.41) is 19.8. The van der Waals surface area contributed by atoms with Gasteiger partial charge in [-0.1, -0.05) is 0 Å². The SMILES string of the molecule is CC(C)(O)C(C)(C)OB(O)c1cc(Br)cnc1F. The summed E-state index contributed by atoms with van der Waals surface area (Å²) in [6.45, 7) is 6.32.